The summed E-state index contributed by atoms with van der Waals surface area (Å²) < 4.78 is 13.4. The maximum absolute atomic E-state index is 13.4. The number of amides is 1. The van der Waals surface area contributed by atoms with E-state index in [0.717, 1.165) is 5.56 Å². The highest BCUT2D eigenvalue weighted by Crippen LogP contribution is 2.11. The Morgan fingerprint density at radius 1 is 1.47 bits per heavy atom. The summed E-state index contributed by atoms with van der Waals surface area (Å²) >= 11 is 5.83. The number of benzene rings is 1. The van der Waals surface area contributed by atoms with Crippen LogP contribution < -0.4 is 5.32 Å². The summed E-state index contributed by atoms with van der Waals surface area (Å²) in [5.74, 6) is -0.893. The van der Waals surface area contributed by atoms with Crippen LogP contribution in [0.5, 0.6) is 0 Å². The molecule has 0 aliphatic heterocycles. The molecule has 2 atom stereocenters. The van der Waals surface area contributed by atoms with Crippen molar-refractivity contribution in [2.24, 2.45) is 0 Å². The third-order valence-corrected chi connectivity index (χ3v) is 2.60. The maximum atomic E-state index is 13.4. The van der Waals surface area contributed by atoms with Gasteiger partial charge in [-0.1, -0.05) is 11.6 Å². The van der Waals surface area contributed by atoms with E-state index in [-0.39, 0.29) is 17.0 Å². The second kappa shape index (κ2) is 6.01. The van der Waals surface area contributed by atoms with Crippen molar-refractivity contribution in [2.45, 2.75) is 38.6 Å². The second-order valence-corrected chi connectivity index (χ2v) is 5.12. The van der Waals surface area contributed by atoms with Gasteiger partial charge in [0.15, 0.2) is 0 Å². The lowest BCUT2D eigenvalue weighted by Crippen LogP contribution is -2.34. The first-order chi connectivity index (χ1) is 7.90. The molecule has 17 heavy (non-hydrogen) atoms. The van der Waals surface area contributed by atoms with Crippen LogP contribution in [0.2, 0.25) is 0 Å². The Bertz CT molecular complexity index is 406. The van der Waals surface area contributed by atoms with Crippen molar-refractivity contribution in [1.82, 2.24) is 5.32 Å². The van der Waals surface area contributed by atoms with Crippen molar-refractivity contribution in [3.63, 3.8) is 0 Å². The average Bonchev–Trinajstić information content (AvgIpc) is 2.20. The minimum atomic E-state index is -0.501. The lowest BCUT2D eigenvalue weighted by atomic mass is 10.1. The zero-order valence-electron chi connectivity index (χ0n) is 10.3. The Hall–Kier alpha value is -1.09. The SMILES string of the molecule is Cc1ccc(F)c(C(=O)NC(C)CC(C)Cl)c1. The Kier molecular flexibility index (Phi) is 4.94. The van der Waals surface area contributed by atoms with Gasteiger partial charge in [-0.25, -0.2) is 4.39 Å². The van der Waals surface area contributed by atoms with Crippen LogP contribution in [-0.2, 0) is 0 Å². The highest BCUT2D eigenvalue weighted by molar-refractivity contribution is 6.20. The van der Waals surface area contributed by atoms with Crippen LogP contribution in [0.4, 0.5) is 4.39 Å². The van der Waals surface area contributed by atoms with Crippen molar-refractivity contribution < 1.29 is 9.18 Å². The maximum Gasteiger partial charge on any atom is 0.254 e. The van der Waals surface area contributed by atoms with Gasteiger partial charge >= 0.3 is 0 Å². The Morgan fingerprint density at radius 2 is 2.12 bits per heavy atom. The fraction of sp³-hybridized carbons (Fsp3) is 0.462. The number of halogens is 2. The molecule has 0 radical (unpaired) electrons. The topological polar surface area (TPSA) is 29.1 Å². The van der Waals surface area contributed by atoms with Crippen molar-refractivity contribution in [3.8, 4) is 0 Å². The van der Waals surface area contributed by atoms with E-state index >= 15 is 0 Å². The van der Waals surface area contributed by atoms with Gasteiger partial charge < -0.3 is 5.32 Å². The zero-order chi connectivity index (χ0) is 13.0. The predicted octanol–water partition coefficient (Wildman–Crippen LogP) is 3.27. The van der Waals surface area contributed by atoms with E-state index in [1.165, 1.54) is 6.07 Å². The first kappa shape index (κ1) is 14.0. The van der Waals surface area contributed by atoms with Crippen molar-refractivity contribution in [2.75, 3.05) is 0 Å². The summed E-state index contributed by atoms with van der Waals surface area (Å²) in [4.78, 5) is 11.8. The summed E-state index contributed by atoms with van der Waals surface area (Å²) in [5, 5.41) is 2.71. The molecule has 0 spiro atoms. The van der Waals surface area contributed by atoms with E-state index in [2.05, 4.69) is 5.32 Å². The molecule has 0 fully saturated rings. The van der Waals surface area contributed by atoms with Crippen LogP contribution in [0.3, 0.4) is 0 Å². The number of carbonyl (C=O) groups excluding carboxylic acids is 1. The first-order valence-electron chi connectivity index (χ1n) is 5.61. The molecule has 1 N–H and O–H groups in total. The molecular weight excluding hydrogens is 241 g/mol. The molecule has 0 bridgehead atoms. The van der Waals surface area contributed by atoms with Crippen molar-refractivity contribution in [1.29, 1.82) is 0 Å². The molecule has 4 heteroatoms. The number of nitrogens with one attached hydrogen (secondary N) is 1. The number of aryl methyl sites for hydroxylation is 1. The lowest BCUT2D eigenvalue weighted by Gasteiger charge is -2.15. The molecule has 0 aromatic heterocycles. The molecule has 0 aliphatic carbocycles. The predicted molar refractivity (Wildman–Crippen MR) is 68.0 cm³/mol. The summed E-state index contributed by atoms with van der Waals surface area (Å²) in [6.07, 6.45) is 0.654. The fourth-order valence-electron chi connectivity index (χ4n) is 1.66. The van der Waals surface area contributed by atoms with Crippen LogP contribution in [0.15, 0.2) is 18.2 Å². The second-order valence-electron chi connectivity index (χ2n) is 4.37. The molecule has 1 aromatic rings. The zero-order valence-corrected chi connectivity index (χ0v) is 11.0. The molecule has 0 saturated carbocycles. The summed E-state index contributed by atoms with van der Waals surface area (Å²) in [6, 6.07) is 4.41. The molecule has 1 rings (SSSR count). The molecule has 94 valence electrons. The monoisotopic (exact) mass is 257 g/mol. The molecule has 0 saturated heterocycles. The third-order valence-electron chi connectivity index (χ3n) is 2.42. The number of hydrogen-bond acceptors (Lipinski definition) is 1. The smallest absolute Gasteiger partial charge is 0.254 e. The molecule has 0 heterocycles. The minimum Gasteiger partial charge on any atom is -0.349 e. The van der Waals surface area contributed by atoms with Gasteiger partial charge in [0.25, 0.3) is 5.91 Å². The summed E-state index contributed by atoms with van der Waals surface area (Å²) in [7, 11) is 0. The van der Waals surface area contributed by atoms with E-state index in [1.807, 2.05) is 20.8 Å². The van der Waals surface area contributed by atoms with Crippen LogP contribution in [0.25, 0.3) is 0 Å². The third kappa shape index (κ3) is 4.35. The van der Waals surface area contributed by atoms with Crippen LogP contribution in [0, 0.1) is 12.7 Å². The van der Waals surface area contributed by atoms with Gasteiger partial charge in [0.05, 0.1) is 5.56 Å². The molecule has 2 nitrogen and oxygen atoms in total. The number of carbonyl (C=O) groups is 1. The molecular formula is C13H17ClFNO. The van der Waals surface area contributed by atoms with E-state index in [4.69, 9.17) is 11.6 Å². The molecule has 1 amide bonds. The van der Waals surface area contributed by atoms with Gasteiger partial charge in [0.1, 0.15) is 5.82 Å². The van der Waals surface area contributed by atoms with Gasteiger partial charge in [-0.2, -0.15) is 0 Å². The molecule has 2 unspecified atom stereocenters. The van der Waals surface area contributed by atoms with Crippen LogP contribution in [0.1, 0.15) is 36.2 Å². The number of alkyl halides is 1. The van der Waals surface area contributed by atoms with Gasteiger partial charge in [-0.15, -0.1) is 11.6 Å². The average molecular weight is 258 g/mol. The largest absolute Gasteiger partial charge is 0.349 e. The summed E-state index contributed by atoms with van der Waals surface area (Å²) in [5.41, 5.74) is 0.939. The normalized spacial score (nSPS) is 14.2. The standard InChI is InChI=1S/C13H17ClFNO/c1-8-4-5-12(15)11(6-8)13(17)16-10(3)7-9(2)14/h4-6,9-10H,7H2,1-3H3,(H,16,17). The quantitative estimate of drug-likeness (QED) is 0.824. The highest BCUT2D eigenvalue weighted by atomic mass is 35.5. The van der Waals surface area contributed by atoms with E-state index in [1.54, 1.807) is 12.1 Å². The molecule has 1 aromatic carbocycles. The van der Waals surface area contributed by atoms with Gasteiger partial charge in [0, 0.05) is 11.4 Å². The van der Waals surface area contributed by atoms with E-state index < -0.39 is 11.7 Å². The summed E-state index contributed by atoms with van der Waals surface area (Å²) in [6.45, 7) is 5.53. The lowest BCUT2D eigenvalue weighted by molar-refractivity contribution is 0.0934. The molecule has 0 aliphatic rings. The number of rotatable bonds is 4. The Labute approximate surface area is 106 Å². The Balaban J connectivity index is 2.73. The van der Waals surface area contributed by atoms with E-state index in [0.29, 0.717) is 6.42 Å². The van der Waals surface area contributed by atoms with Gasteiger partial charge in [-0.05, 0) is 39.3 Å². The minimum absolute atomic E-state index is 0.0207. The first-order valence-corrected chi connectivity index (χ1v) is 6.05. The van der Waals surface area contributed by atoms with Crippen LogP contribution >= 0.6 is 11.6 Å². The van der Waals surface area contributed by atoms with Gasteiger partial charge in [-0.3, -0.25) is 4.79 Å². The van der Waals surface area contributed by atoms with Crippen LogP contribution in [-0.4, -0.2) is 17.3 Å². The van der Waals surface area contributed by atoms with Gasteiger partial charge in [0.2, 0.25) is 0 Å². The van der Waals surface area contributed by atoms with E-state index in [9.17, 15) is 9.18 Å². The Morgan fingerprint density at radius 3 is 2.71 bits per heavy atom. The van der Waals surface area contributed by atoms with Crippen molar-refractivity contribution >= 4 is 17.5 Å². The fourth-order valence-corrected chi connectivity index (χ4v) is 1.93. The highest BCUT2D eigenvalue weighted by Gasteiger charge is 2.15. The van der Waals surface area contributed by atoms with Crippen molar-refractivity contribution in [3.05, 3.63) is 35.1 Å². The number of hydrogen-bond donors (Lipinski definition) is 1.